The van der Waals surface area contributed by atoms with E-state index in [0.29, 0.717) is 0 Å². The Morgan fingerprint density at radius 3 is 2.38 bits per heavy atom. The molecule has 0 fully saturated rings. The lowest BCUT2D eigenvalue weighted by Crippen LogP contribution is -1.85. The molecule has 2 aromatic rings. The molecule has 66 valence electrons. The van der Waals surface area contributed by atoms with Gasteiger partial charge in [-0.25, -0.2) is 0 Å². The molecule has 0 heteroatoms. The van der Waals surface area contributed by atoms with Crippen molar-refractivity contribution in [2.75, 3.05) is 0 Å². The van der Waals surface area contributed by atoms with Crippen LogP contribution in [0.25, 0.3) is 10.8 Å². The predicted octanol–water partition coefficient (Wildman–Crippen LogP) is 3.96. The lowest BCUT2D eigenvalue weighted by Gasteiger charge is -2.06. The molecule has 0 radical (unpaired) electrons. The van der Waals surface area contributed by atoms with Gasteiger partial charge in [0.05, 0.1) is 0 Å². The summed E-state index contributed by atoms with van der Waals surface area (Å²) in [7, 11) is 0. The van der Waals surface area contributed by atoms with Gasteiger partial charge in [0.15, 0.2) is 0 Å². The highest BCUT2D eigenvalue weighted by Crippen LogP contribution is 2.20. The lowest BCUT2D eigenvalue weighted by atomic mass is 9.99. The molecule has 0 N–H and O–H groups in total. The minimum absolute atomic E-state index is 0.510. The number of hydrogen-bond acceptors (Lipinski definition) is 0. The van der Waals surface area contributed by atoms with Gasteiger partial charge < -0.3 is 0 Å². The fraction of sp³-hybridized carbons (Fsp3) is 0.231. The second-order valence-electron chi connectivity index (χ2n) is 3.56. The van der Waals surface area contributed by atoms with E-state index in [1.165, 1.54) is 10.8 Å². The highest BCUT2D eigenvalue weighted by molar-refractivity contribution is 5.83. The van der Waals surface area contributed by atoms with Gasteiger partial charge in [0.2, 0.25) is 0 Å². The van der Waals surface area contributed by atoms with Gasteiger partial charge in [0.25, 0.3) is 0 Å². The molecule has 0 bridgehead atoms. The number of rotatable bonds is 1. The van der Waals surface area contributed by atoms with Crippen LogP contribution < -0.4 is 0 Å². The Hall–Kier alpha value is -1.30. The Labute approximate surface area is 80.6 Å². The van der Waals surface area contributed by atoms with Crippen LogP contribution in [0.2, 0.25) is 0 Å². The van der Waals surface area contributed by atoms with Crippen LogP contribution in [-0.2, 0) is 0 Å². The zero-order valence-electron chi connectivity index (χ0n) is 9.04. The van der Waals surface area contributed by atoms with E-state index in [1.54, 1.807) is 0 Å². The van der Waals surface area contributed by atoms with Crippen LogP contribution in [0, 0.1) is 0 Å². The zero-order chi connectivity index (χ0) is 10.2. The fourth-order valence-electron chi connectivity index (χ4n) is 1.50. The van der Waals surface area contributed by atoms with Crippen LogP contribution in [0.1, 0.15) is 26.7 Å². The Balaban J connectivity index is 2.63. The first kappa shape index (κ1) is 7.14. The van der Waals surface area contributed by atoms with E-state index in [2.05, 4.69) is 24.3 Å². The van der Waals surface area contributed by atoms with Crippen molar-refractivity contribution in [2.24, 2.45) is 0 Å². The standard InChI is InChI=1S/C13H14/c1-10(2)12-8-7-11-5-3-4-6-13(11)9-12/h3-10H,1-2H3/i10D. The van der Waals surface area contributed by atoms with Gasteiger partial charge in [0.1, 0.15) is 0 Å². The second kappa shape index (κ2) is 3.21. The SMILES string of the molecule is [2H]C(C)(C)c1ccc2ccccc2c1. The summed E-state index contributed by atoms with van der Waals surface area (Å²) >= 11 is 0. The molecule has 13 heavy (non-hydrogen) atoms. The summed E-state index contributed by atoms with van der Waals surface area (Å²) in [6, 6.07) is 14.5. The summed E-state index contributed by atoms with van der Waals surface area (Å²) in [5.74, 6) is -0.510. The van der Waals surface area contributed by atoms with Crippen LogP contribution in [0.3, 0.4) is 0 Å². The fourth-order valence-corrected chi connectivity index (χ4v) is 1.50. The van der Waals surface area contributed by atoms with E-state index < -0.39 is 5.89 Å². The Morgan fingerprint density at radius 1 is 1.00 bits per heavy atom. The first-order valence-electron chi connectivity index (χ1n) is 5.07. The van der Waals surface area contributed by atoms with Gasteiger partial charge in [-0.15, -0.1) is 0 Å². The summed E-state index contributed by atoms with van der Waals surface area (Å²) in [5.41, 5.74) is 1.07. The van der Waals surface area contributed by atoms with Gasteiger partial charge in [-0.05, 0) is 22.2 Å². The van der Waals surface area contributed by atoms with Crippen molar-refractivity contribution in [3.8, 4) is 0 Å². The first-order chi connectivity index (χ1) is 6.57. The molecule has 0 unspecified atom stereocenters. The summed E-state index contributed by atoms with van der Waals surface area (Å²) < 4.78 is 7.95. The van der Waals surface area contributed by atoms with E-state index in [4.69, 9.17) is 1.37 Å². The van der Waals surface area contributed by atoms with Crippen molar-refractivity contribution in [3.05, 3.63) is 48.0 Å². The zero-order valence-corrected chi connectivity index (χ0v) is 8.04. The quantitative estimate of drug-likeness (QED) is 0.609. The van der Waals surface area contributed by atoms with Crippen LogP contribution in [0.15, 0.2) is 42.5 Å². The summed E-state index contributed by atoms with van der Waals surface area (Å²) in [6.45, 7) is 3.83. The Bertz CT molecular complexity index is 452. The minimum atomic E-state index is -0.510. The maximum Gasteiger partial charge on any atom is 0.0347 e. The van der Waals surface area contributed by atoms with E-state index in [-0.39, 0.29) is 0 Å². The van der Waals surface area contributed by atoms with Crippen molar-refractivity contribution in [1.29, 1.82) is 0 Å². The van der Waals surface area contributed by atoms with E-state index >= 15 is 0 Å². The molecular formula is C13H14. The number of fused-ring (bicyclic) bond motifs is 1. The molecule has 0 atom stereocenters. The molecule has 0 nitrogen and oxygen atoms in total. The topological polar surface area (TPSA) is 0 Å². The molecule has 0 aliphatic carbocycles. The minimum Gasteiger partial charge on any atom is -0.0616 e. The van der Waals surface area contributed by atoms with Gasteiger partial charge >= 0.3 is 0 Å². The number of hydrogen-bond donors (Lipinski definition) is 0. The van der Waals surface area contributed by atoms with Crippen molar-refractivity contribution in [2.45, 2.75) is 19.7 Å². The van der Waals surface area contributed by atoms with Gasteiger partial charge in [-0.3, -0.25) is 0 Å². The van der Waals surface area contributed by atoms with Gasteiger partial charge in [-0.1, -0.05) is 56.3 Å². The number of benzene rings is 2. The Morgan fingerprint density at radius 2 is 1.69 bits per heavy atom. The summed E-state index contributed by atoms with van der Waals surface area (Å²) in [4.78, 5) is 0. The van der Waals surface area contributed by atoms with Crippen LogP contribution in [-0.4, -0.2) is 0 Å². The molecule has 2 rings (SSSR count). The van der Waals surface area contributed by atoms with E-state index in [9.17, 15) is 0 Å². The van der Waals surface area contributed by atoms with E-state index in [0.717, 1.165) is 5.56 Å². The average Bonchev–Trinajstić information content (AvgIpc) is 2.16. The molecule has 0 amide bonds. The molecule has 0 spiro atoms. The van der Waals surface area contributed by atoms with Crippen LogP contribution >= 0.6 is 0 Å². The highest BCUT2D eigenvalue weighted by Gasteiger charge is 1.99. The molecular weight excluding hydrogens is 156 g/mol. The molecule has 0 saturated heterocycles. The van der Waals surface area contributed by atoms with Gasteiger partial charge in [0, 0.05) is 1.37 Å². The molecule has 2 aromatic carbocycles. The third kappa shape index (κ3) is 1.57. The van der Waals surface area contributed by atoms with E-state index in [1.807, 2.05) is 32.0 Å². The van der Waals surface area contributed by atoms with Gasteiger partial charge in [-0.2, -0.15) is 0 Å². The van der Waals surface area contributed by atoms with Crippen molar-refractivity contribution in [1.82, 2.24) is 0 Å². The Kier molecular flexibility index (Phi) is 1.76. The second-order valence-corrected chi connectivity index (χ2v) is 3.56. The van der Waals surface area contributed by atoms with Crippen LogP contribution in [0.4, 0.5) is 0 Å². The summed E-state index contributed by atoms with van der Waals surface area (Å²) in [6.07, 6.45) is 0. The molecule has 0 aliphatic heterocycles. The molecule has 0 saturated carbocycles. The lowest BCUT2D eigenvalue weighted by molar-refractivity contribution is 0.869. The van der Waals surface area contributed by atoms with Crippen LogP contribution in [0.5, 0.6) is 0 Å². The normalized spacial score (nSPS) is 12.9. The third-order valence-corrected chi connectivity index (χ3v) is 2.33. The van der Waals surface area contributed by atoms with Crippen molar-refractivity contribution in [3.63, 3.8) is 0 Å². The molecule has 0 aliphatic rings. The maximum absolute atomic E-state index is 7.95. The summed E-state index contributed by atoms with van der Waals surface area (Å²) in [5, 5.41) is 2.45. The molecule has 0 heterocycles. The predicted molar refractivity (Wildman–Crippen MR) is 58.0 cm³/mol. The molecule has 0 aromatic heterocycles. The highest BCUT2D eigenvalue weighted by atomic mass is 14.0. The van der Waals surface area contributed by atoms with Crippen molar-refractivity contribution >= 4 is 10.8 Å². The first-order valence-corrected chi connectivity index (χ1v) is 4.57. The average molecular weight is 171 g/mol. The largest absolute Gasteiger partial charge is 0.0616 e. The third-order valence-electron chi connectivity index (χ3n) is 2.33. The monoisotopic (exact) mass is 171 g/mol. The van der Waals surface area contributed by atoms with Crippen molar-refractivity contribution < 1.29 is 1.37 Å². The maximum atomic E-state index is 7.95. The smallest absolute Gasteiger partial charge is 0.0347 e.